The third-order valence-corrected chi connectivity index (χ3v) is 8.46. The number of hydrogen-bond donors (Lipinski definition) is 2. The minimum Gasteiger partial charge on any atom is -0.338 e. The Hall–Kier alpha value is -3.49. The Labute approximate surface area is 205 Å². The maximum absolute atomic E-state index is 12.9. The van der Waals surface area contributed by atoms with Crippen molar-refractivity contribution in [1.82, 2.24) is 14.3 Å². The van der Waals surface area contributed by atoms with E-state index in [-0.39, 0.29) is 11.8 Å². The van der Waals surface area contributed by atoms with E-state index >= 15 is 0 Å². The van der Waals surface area contributed by atoms with E-state index in [0.717, 1.165) is 28.0 Å². The van der Waals surface area contributed by atoms with Crippen molar-refractivity contribution >= 4 is 32.7 Å². The fourth-order valence-electron chi connectivity index (χ4n) is 4.43. The molecule has 0 spiro atoms. The van der Waals surface area contributed by atoms with Crippen LogP contribution in [0.2, 0.25) is 0 Å². The number of sulfonamides is 1. The van der Waals surface area contributed by atoms with Gasteiger partial charge in [-0.1, -0.05) is 23.8 Å². The van der Waals surface area contributed by atoms with Gasteiger partial charge in [0.05, 0.1) is 15.9 Å². The van der Waals surface area contributed by atoms with Gasteiger partial charge in [0, 0.05) is 30.3 Å². The van der Waals surface area contributed by atoms with Crippen LogP contribution in [0.1, 0.15) is 24.0 Å². The Kier molecular flexibility index (Phi) is 6.17. The van der Waals surface area contributed by atoms with E-state index < -0.39 is 10.0 Å². The zero-order chi connectivity index (χ0) is 24.6. The van der Waals surface area contributed by atoms with Crippen LogP contribution in [-0.4, -0.2) is 41.7 Å². The highest BCUT2D eigenvalue weighted by molar-refractivity contribution is 7.89. The number of H-pyrrole nitrogens is 1. The molecule has 35 heavy (non-hydrogen) atoms. The minimum absolute atomic E-state index is 0.0793. The standard InChI is InChI=1S/C27H28N4O3S/c1-18-3-10-23(11-4-18)35(33,34)31-15-13-21(14-16-31)27(32)28-22-8-6-20(7-9-22)26-29-24-12-5-19(2)17-25(24)30-26/h3-12,17,21H,13-16H2,1-2H3,(H,28,32)(H,29,30). The van der Waals surface area contributed by atoms with Gasteiger partial charge < -0.3 is 10.3 Å². The lowest BCUT2D eigenvalue weighted by Gasteiger charge is -2.30. The molecule has 2 N–H and O–H groups in total. The summed E-state index contributed by atoms with van der Waals surface area (Å²) >= 11 is 0. The van der Waals surface area contributed by atoms with Crippen LogP contribution in [-0.2, 0) is 14.8 Å². The number of amides is 1. The van der Waals surface area contributed by atoms with Crippen molar-refractivity contribution in [2.45, 2.75) is 31.6 Å². The van der Waals surface area contributed by atoms with Crippen LogP contribution in [0.25, 0.3) is 22.4 Å². The molecule has 8 heteroatoms. The molecule has 5 rings (SSSR count). The first-order valence-corrected chi connectivity index (χ1v) is 13.2. The molecule has 1 saturated heterocycles. The third kappa shape index (κ3) is 4.85. The largest absolute Gasteiger partial charge is 0.338 e. The van der Waals surface area contributed by atoms with Crippen molar-refractivity contribution in [2.75, 3.05) is 18.4 Å². The van der Waals surface area contributed by atoms with Gasteiger partial charge in [-0.25, -0.2) is 13.4 Å². The summed E-state index contributed by atoms with van der Waals surface area (Å²) in [6.45, 7) is 4.63. The molecule has 1 aliphatic heterocycles. The fourth-order valence-corrected chi connectivity index (χ4v) is 5.90. The van der Waals surface area contributed by atoms with Crippen LogP contribution < -0.4 is 5.32 Å². The molecule has 4 aromatic rings. The number of nitrogens with zero attached hydrogens (tertiary/aromatic N) is 2. The number of carbonyl (C=O) groups is 1. The molecule has 180 valence electrons. The SMILES string of the molecule is Cc1ccc(S(=O)(=O)N2CCC(C(=O)Nc3ccc(-c4nc5ccc(C)cc5[nH]4)cc3)CC2)cc1. The van der Waals surface area contributed by atoms with E-state index in [1.165, 1.54) is 9.87 Å². The second-order valence-corrected chi connectivity index (χ2v) is 11.1. The Balaban J connectivity index is 1.20. The first-order valence-electron chi connectivity index (χ1n) is 11.7. The predicted molar refractivity (Wildman–Crippen MR) is 138 cm³/mol. The Bertz CT molecular complexity index is 1470. The van der Waals surface area contributed by atoms with Crippen molar-refractivity contribution in [2.24, 2.45) is 5.92 Å². The summed E-state index contributed by atoms with van der Waals surface area (Å²) < 4.78 is 27.3. The number of anilines is 1. The highest BCUT2D eigenvalue weighted by atomic mass is 32.2. The van der Waals surface area contributed by atoms with Gasteiger partial charge in [0.1, 0.15) is 5.82 Å². The van der Waals surface area contributed by atoms with E-state index in [9.17, 15) is 13.2 Å². The van der Waals surface area contributed by atoms with E-state index in [0.29, 0.717) is 36.5 Å². The average Bonchev–Trinajstić information content (AvgIpc) is 3.28. The molecule has 1 fully saturated rings. The maximum Gasteiger partial charge on any atom is 0.243 e. The van der Waals surface area contributed by atoms with Gasteiger partial charge in [-0.3, -0.25) is 4.79 Å². The Morgan fingerprint density at radius 2 is 1.60 bits per heavy atom. The van der Waals surface area contributed by atoms with Gasteiger partial charge in [0.15, 0.2) is 0 Å². The lowest BCUT2D eigenvalue weighted by atomic mass is 9.97. The summed E-state index contributed by atoms with van der Waals surface area (Å²) in [5.74, 6) is 0.479. The second kappa shape index (κ2) is 9.28. The zero-order valence-electron chi connectivity index (χ0n) is 19.8. The molecule has 1 aromatic heterocycles. The van der Waals surface area contributed by atoms with Gasteiger partial charge in [0.2, 0.25) is 15.9 Å². The Morgan fingerprint density at radius 3 is 2.29 bits per heavy atom. The number of aromatic nitrogens is 2. The molecule has 0 unspecified atom stereocenters. The number of fused-ring (bicyclic) bond motifs is 1. The summed E-state index contributed by atoms with van der Waals surface area (Å²) in [7, 11) is -3.54. The summed E-state index contributed by atoms with van der Waals surface area (Å²) in [5, 5.41) is 2.98. The lowest BCUT2D eigenvalue weighted by Crippen LogP contribution is -2.41. The fraction of sp³-hybridized carbons (Fsp3) is 0.259. The zero-order valence-corrected chi connectivity index (χ0v) is 20.6. The normalized spacial score (nSPS) is 15.4. The number of imidazole rings is 1. The van der Waals surface area contributed by atoms with Crippen LogP contribution in [0.4, 0.5) is 5.69 Å². The highest BCUT2D eigenvalue weighted by Crippen LogP contribution is 2.26. The monoisotopic (exact) mass is 488 g/mol. The van der Waals surface area contributed by atoms with E-state index in [4.69, 9.17) is 0 Å². The Morgan fingerprint density at radius 1 is 0.943 bits per heavy atom. The molecule has 0 aliphatic carbocycles. The number of benzene rings is 3. The van der Waals surface area contributed by atoms with Crippen LogP contribution in [0, 0.1) is 19.8 Å². The van der Waals surface area contributed by atoms with Crippen molar-refractivity contribution < 1.29 is 13.2 Å². The molecular weight excluding hydrogens is 460 g/mol. The highest BCUT2D eigenvalue weighted by Gasteiger charge is 2.32. The lowest BCUT2D eigenvalue weighted by molar-refractivity contribution is -0.120. The number of piperidine rings is 1. The van der Waals surface area contributed by atoms with Crippen LogP contribution in [0.5, 0.6) is 0 Å². The van der Waals surface area contributed by atoms with Crippen molar-refractivity contribution in [3.05, 3.63) is 77.9 Å². The van der Waals surface area contributed by atoms with Gasteiger partial charge in [0.25, 0.3) is 0 Å². The molecule has 0 atom stereocenters. The second-order valence-electron chi connectivity index (χ2n) is 9.16. The number of aromatic amines is 1. The van der Waals surface area contributed by atoms with E-state index in [1.807, 2.05) is 50.2 Å². The van der Waals surface area contributed by atoms with Gasteiger partial charge >= 0.3 is 0 Å². The summed E-state index contributed by atoms with van der Waals surface area (Å²) in [6.07, 6.45) is 0.987. The number of hydrogen-bond acceptors (Lipinski definition) is 4. The van der Waals surface area contributed by atoms with Crippen LogP contribution in [0.3, 0.4) is 0 Å². The van der Waals surface area contributed by atoms with Gasteiger partial charge in [-0.15, -0.1) is 0 Å². The van der Waals surface area contributed by atoms with Gasteiger partial charge in [-0.05, 0) is 80.8 Å². The molecule has 1 amide bonds. The molecule has 0 radical (unpaired) electrons. The molecule has 3 aromatic carbocycles. The first kappa shape index (κ1) is 23.3. The number of carbonyl (C=O) groups excluding carboxylic acids is 1. The third-order valence-electron chi connectivity index (χ3n) is 6.55. The van der Waals surface area contributed by atoms with Gasteiger partial charge in [-0.2, -0.15) is 4.31 Å². The number of nitrogens with one attached hydrogen (secondary N) is 2. The molecule has 7 nitrogen and oxygen atoms in total. The molecule has 1 aliphatic rings. The summed E-state index contributed by atoms with van der Waals surface area (Å²) in [6, 6.07) is 20.6. The molecular formula is C27H28N4O3S. The molecule has 2 heterocycles. The average molecular weight is 489 g/mol. The van der Waals surface area contributed by atoms with Crippen molar-refractivity contribution in [3.63, 3.8) is 0 Å². The molecule has 0 saturated carbocycles. The smallest absolute Gasteiger partial charge is 0.243 e. The number of aryl methyl sites for hydroxylation is 2. The topological polar surface area (TPSA) is 95.2 Å². The van der Waals surface area contributed by atoms with E-state index in [1.54, 1.807) is 24.3 Å². The maximum atomic E-state index is 12.9. The first-order chi connectivity index (χ1) is 16.8. The summed E-state index contributed by atoms with van der Waals surface area (Å²) in [5.41, 5.74) is 5.74. The van der Waals surface area contributed by atoms with Crippen LogP contribution in [0.15, 0.2) is 71.6 Å². The quantitative estimate of drug-likeness (QED) is 0.418. The minimum atomic E-state index is -3.54. The van der Waals surface area contributed by atoms with Crippen molar-refractivity contribution in [3.8, 4) is 11.4 Å². The van der Waals surface area contributed by atoms with Crippen LogP contribution >= 0.6 is 0 Å². The molecule has 0 bridgehead atoms. The van der Waals surface area contributed by atoms with Crippen molar-refractivity contribution in [1.29, 1.82) is 0 Å². The number of rotatable bonds is 5. The summed E-state index contributed by atoms with van der Waals surface area (Å²) in [4.78, 5) is 21.1. The van der Waals surface area contributed by atoms with E-state index in [2.05, 4.69) is 21.4 Å². The predicted octanol–water partition coefficient (Wildman–Crippen LogP) is 4.89.